The van der Waals surface area contributed by atoms with E-state index in [-0.39, 0.29) is 23.6 Å². The van der Waals surface area contributed by atoms with Crippen LogP contribution in [0.15, 0.2) is 23.1 Å². The summed E-state index contributed by atoms with van der Waals surface area (Å²) in [5, 5.41) is 20.8. The molecular formula is C13H20N2O5S. The van der Waals surface area contributed by atoms with Crippen LogP contribution in [-0.2, 0) is 10.0 Å². The highest BCUT2D eigenvalue weighted by Gasteiger charge is 2.18. The van der Waals surface area contributed by atoms with E-state index in [1.54, 1.807) is 0 Å². The molecule has 0 aliphatic heterocycles. The average molecular weight is 316 g/mol. The Morgan fingerprint density at radius 2 is 2.00 bits per heavy atom. The SMILES string of the molecule is CCCCNc1ccc(S(=O)(=O)NCCO)cc1C(=O)O. The first-order chi connectivity index (χ1) is 9.92. The van der Waals surface area contributed by atoms with Crippen LogP contribution in [0.25, 0.3) is 0 Å². The predicted molar refractivity (Wildman–Crippen MR) is 79.1 cm³/mol. The maximum absolute atomic E-state index is 11.9. The summed E-state index contributed by atoms with van der Waals surface area (Å²) < 4.78 is 26.0. The van der Waals surface area contributed by atoms with Gasteiger partial charge in [0.05, 0.1) is 17.1 Å². The number of benzene rings is 1. The second-order valence-electron chi connectivity index (χ2n) is 4.41. The van der Waals surface area contributed by atoms with Gasteiger partial charge in [-0.3, -0.25) is 0 Å². The van der Waals surface area contributed by atoms with E-state index in [1.807, 2.05) is 6.92 Å². The maximum atomic E-state index is 11.9. The van der Waals surface area contributed by atoms with Gasteiger partial charge in [-0.2, -0.15) is 0 Å². The van der Waals surface area contributed by atoms with Gasteiger partial charge in [0.2, 0.25) is 10.0 Å². The van der Waals surface area contributed by atoms with E-state index >= 15 is 0 Å². The van der Waals surface area contributed by atoms with Gasteiger partial charge < -0.3 is 15.5 Å². The summed E-state index contributed by atoms with van der Waals surface area (Å²) in [5.41, 5.74) is 0.287. The van der Waals surface area contributed by atoms with Gasteiger partial charge in [0, 0.05) is 18.8 Å². The first-order valence-electron chi connectivity index (χ1n) is 6.64. The Kier molecular flexibility index (Phi) is 6.60. The molecule has 0 heterocycles. The van der Waals surface area contributed by atoms with Crippen molar-refractivity contribution in [2.75, 3.05) is 25.0 Å². The monoisotopic (exact) mass is 316 g/mol. The Hall–Kier alpha value is -1.64. The normalized spacial score (nSPS) is 11.3. The fourth-order valence-electron chi connectivity index (χ4n) is 1.68. The molecule has 1 aromatic carbocycles. The molecule has 0 aliphatic rings. The molecule has 7 nitrogen and oxygen atoms in total. The van der Waals surface area contributed by atoms with E-state index in [0.717, 1.165) is 18.9 Å². The summed E-state index contributed by atoms with van der Waals surface area (Å²) in [6, 6.07) is 3.88. The number of rotatable bonds is 9. The highest BCUT2D eigenvalue weighted by Crippen LogP contribution is 2.20. The first-order valence-corrected chi connectivity index (χ1v) is 8.12. The van der Waals surface area contributed by atoms with Crippen LogP contribution in [0.1, 0.15) is 30.1 Å². The van der Waals surface area contributed by atoms with Crippen LogP contribution >= 0.6 is 0 Å². The van der Waals surface area contributed by atoms with Crippen LogP contribution in [0.3, 0.4) is 0 Å². The molecule has 0 saturated carbocycles. The molecular weight excluding hydrogens is 296 g/mol. The smallest absolute Gasteiger partial charge is 0.337 e. The molecule has 4 N–H and O–H groups in total. The standard InChI is InChI=1S/C13H20N2O5S/c1-2-3-6-14-12-5-4-10(9-11(12)13(17)18)21(19,20)15-7-8-16/h4-5,9,14-16H,2-3,6-8H2,1H3,(H,17,18). The molecule has 0 radical (unpaired) electrons. The van der Waals surface area contributed by atoms with Gasteiger partial charge >= 0.3 is 5.97 Å². The minimum atomic E-state index is -3.82. The van der Waals surface area contributed by atoms with Crippen LogP contribution in [0.2, 0.25) is 0 Å². The second kappa shape index (κ2) is 7.96. The number of aliphatic hydroxyl groups is 1. The van der Waals surface area contributed by atoms with Crippen LogP contribution in [-0.4, -0.2) is 44.3 Å². The number of sulfonamides is 1. The summed E-state index contributed by atoms with van der Waals surface area (Å²) in [5.74, 6) is -1.20. The Morgan fingerprint density at radius 1 is 1.29 bits per heavy atom. The molecule has 0 spiro atoms. The van der Waals surface area contributed by atoms with Gasteiger partial charge in [0.1, 0.15) is 0 Å². The number of aromatic carboxylic acids is 1. The fourth-order valence-corrected chi connectivity index (χ4v) is 2.73. The molecule has 0 fully saturated rings. The molecule has 0 atom stereocenters. The minimum absolute atomic E-state index is 0.0991. The molecule has 0 saturated heterocycles. The van der Waals surface area contributed by atoms with Gasteiger partial charge in [0.25, 0.3) is 0 Å². The van der Waals surface area contributed by atoms with Crippen molar-refractivity contribution in [3.63, 3.8) is 0 Å². The lowest BCUT2D eigenvalue weighted by Gasteiger charge is -2.11. The van der Waals surface area contributed by atoms with Crippen LogP contribution in [0, 0.1) is 0 Å². The number of aliphatic hydroxyl groups excluding tert-OH is 1. The predicted octanol–water partition coefficient (Wildman–Crippen LogP) is 0.867. The quantitative estimate of drug-likeness (QED) is 0.502. The Labute approximate surface area is 124 Å². The van der Waals surface area contributed by atoms with E-state index in [9.17, 15) is 18.3 Å². The van der Waals surface area contributed by atoms with E-state index in [1.165, 1.54) is 12.1 Å². The first kappa shape index (κ1) is 17.4. The van der Waals surface area contributed by atoms with Gasteiger partial charge in [0.15, 0.2) is 0 Å². The second-order valence-corrected chi connectivity index (χ2v) is 6.18. The van der Waals surface area contributed by atoms with Crippen molar-refractivity contribution in [2.45, 2.75) is 24.7 Å². The third kappa shape index (κ3) is 5.00. The molecule has 1 aromatic rings. The average Bonchev–Trinajstić information content (AvgIpc) is 2.45. The number of carbonyl (C=O) groups is 1. The highest BCUT2D eigenvalue weighted by molar-refractivity contribution is 7.89. The van der Waals surface area contributed by atoms with Crippen LogP contribution < -0.4 is 10.0 Å². The molecule has 0 amide bonds. The summed E-state index contributed by atoms with van der Waals surface area (Å²) >= 11 is 0. The molecule has 1 rings (SSSR count). The number of nitrogens with one attached hydrogen (secondary N) is 2. The van der Waals surface area contributed by atoms with Gasteiger partial charge in [-0.05, 0) is 24.6 Å². The number of carboxylic acids is 1. The third-order valence-corrected chi connectivity index (χ3v) is 4.24. The minimum Gasteiger partial charge on any atom is -0.478 e. The number of anilines is 1. The van der Waals surface area contributed by atoms with E-state index < -0.39 is 16.0 Å². The van der Waals surface area contributed by atoms with E-state index in [0.29, 0.717) is 12.2 Å². The van der Waals surface area contributed by atoms with Crippen molar-refractivity contribution in [2.24, 2.45) is 0 Å². The largest absolute Gasteiger partial charge is 0.478 e. The fraction of sp³-hybridized carbons (Fsp3) is 0.462. The molecule has 0 bridgehead atoms. The van der Waals surface area contributed by atoms with Crippen molar-refractivity contribution in [3.05, 3.63) is 23.8 Å². The zero-order chi connectivity index (χ0) is 15.9. The van der Waals surface area contributed by atoms with Gasteiger partial charge in [-0.25, -0.2) is 17.9 Å². The third-order valence-electron chi connectivity index (χ3n) is 2.78. The summed E-state index contributed by atoms with van der Waals surface area (Å²) in [6.07, 6.45) is 1.85. The Balaban J connectivity index is 3.05. The van der Waals surface area contributed by atoms with Crippen molar-refractivity contribution < 1.29 is 23.4 Å². The molecule has 0 aromatic heterocycles. The molecule has 8 heteroatoms. The molecule has 0 unspecified atom stereocenters. The summed E-state index contributed by atoms with van der Waals surface area (Å²) in [6.45, 7) is 2.18. The Bertz CT molecular complexity index is 586. The lowest BCUT2D eigenvalue weighted by molar-refractivity contribution is 0.0697. The van der Waals surface area contributed by atoms with E-state index in [4.69, 9.17) is 5.11 Å². The molecule has 21 heavy (non-hydrogen) atoms. The molecule has 118 valence electrons. The zero-order valence-corrected chi connectivity index (χ0v) is 12.6. The maximum Gasteiger partial charge on any atom is 0.337 e. The lowest BCUT2D eigenvalue weighted by atomic mass is 10.1. The Morgan fingerprint density at radius 3 is 2.57 bits per heavy atom. The lowest BCUT2D eigenvalue weighted by Crippen LogP contribution is -2.27. The van der Waals surface area contributed by atoms with Crippen molar-refractivity contribution in [1.29, 1.82) is 0 Å². The van der Waals surface area contributed by atoms with E-state index in [2.05, 4.69) is 10.0 Å². The highest BCUT2D eigenvalue weighted by atomic mass is 32.2. The molecule has 0 aliphatic carbocycles. The van der Waals surface area contributed by atoms with Crippen LogP contribution in [0.5, 0.6) is 0 Å². The van der Waals surface area contributed by atoms with Crippen LogP contribution in [0.4, 0.5) is 5.69 Å². The number of unbranched alkanes of at least 4 members (excludes halogenated alkanes) is 1. The number of carboxylic acid groups (broad SMARTS) is 1. The summed E-state index contributed by atoms with van der Waals surface area (Å²) in [4.78, 5) is 11.1. The zero-order valence-electron chi connectivity index (χ0n) is 11.8. The van der Waals surface area contributed by atoms with Crippen molar-refractivity contribution >= 4 is 21.7 Å². The van der Waals surface area contributed by atoms with Gasteiger partial charge in [-0.1, -0.05) is 13.3 Å². The number of hydrogen-bond acceptors (Lipinski definition) is 5. The summed E-state index contributed by atoms with van der Waals surface area (Å²) in [7, 11) is -3.82. The van der Waals surface area contributed by atoms with Gasteiger partial charge in [-0.15, -0.1) is 0 Å². The van der Waals surface area contributed by atoms with Crippen molar-refractivity contribution in [1.82, 2.24) is 4.72 Å². The number of hydrogen-bond donors (Lipinski definition) is 4. The topological polar surface area (TPSA) is 116 Å². The van der Waals surface area contributed by atoms with Crippen molar-refractivity contribution in [3.8, 4) is 0 Å².